The third-order valence-electron chi connectivity index (χ3n) is 3.30. The van der Waals surface area contributed by atoms with Gasteiger partial charge < -0.3 is 5.32 Å². The van der Waals surface area contributed by atoms with Gasteiger partial charge in [0, 0.05) is 0 Å². The van der Waals surface area contributed by atoms with Crippen LogP contribution >= 0.6 is 0 Å². The van der Waals surface area contributed by atoms with E-state index < -0.39 is 0 Å². The average molecular weight is 195 g/mol. The number of hydrogen-bond acceptors (Lipinski definition) is 1. The van der Waals surface area contributed by atoms with E-state index in [0.29, 0.717) is 0 Å². The summed E-state index contributed by atoms with van der Waals surface area (Å²) in [7, 11) is 0. The molecule has 1 aliphatic carbocycles. The minimum atomic E-state index is 0.941. The highest BCUT2D eigenvalue weighted by atomic mass is 14.9. The van der Waals surface area contributed by atoms with Crippen molar-refractivity contribution in [3.8, 4) is 0 Å². The Bertz CT molecular complexity index is 166. The average Bonchev–Trinajstić information content (AvgIpc) is 2.15. The molecule has 0 amide bonds. The zero-order valence-corrected chi connectivity index (χ0v) is 9.81. The Hall–Kier alpha value is -0.300. The molecule has 1 N–H and O–H groups in total. The Balaban J connectivity index is 1.99. The van der Waals surface area contributed by atoms with Crippen molar-refractivity contribution >= 4 is 0 Å². The molecule has 1 aliphatic rings. The van der Waals surface area contributed by atoms with Crippen molar-refractivity contribution in [2.45, 2.75) is 46.0 Å². The first-order valence-corrected chi connectivity index (χ1v) is 6.03. The van der Waals surface area contributed by atoms with Gasteiger partial charge in [-0.3, -0.25) is 0 Å². The molecule has 0 aromatic carbocycles. The summed E-state index contributed by atoms with van der Waals surface area (Å²) in [5.74, 6) is 1.91. The normalized spacial score (nSPS) is 27.6. The van der Waals surface area contributed by atoms with Gasteiger partial charge in [-0.05, 0) is 51.1 Å². The fourth-order valence-corrected chi connectivity index (χ4v) is 2.14. The summed E-state index contributed by atoms with van der Waals surface area (Å²) in [4.78, 5) is 0. The monoisotopic (exact) mass is 195 g/mol. The molecular formula is C13H25N. The van der Waals surface area contributed by atoms with Crippen molar-refractivity contribution in [2.24, 2.45) is 11.8 Å². The summed E-state index contributed by atoms with van der Waals surface area (Å²) in [6, 6.07) is 0. The summed E-state index contributed by atoms with van der Waals surface area (Å²) in [5.41, 5.74) is 1.29. The summed E-state index contributed by atoms with van der Waals surface area (Å²) < 4.78 is 0. The van der Waals surface area contributed by atoms with Gasteiger partial charge in [0.1, 0.15) is 0 Å². The van der Waals surface area contributed by atoms with Crippen molar-refractivity contribution in [1.29, 1.82) is 0 Å². The van der Waals surface area contributed by atoms with Crippen LogP contribution in [0.1, 0.15) is 46.0 Å². The Morgan fingerprint density at radius 1 is 1.29 bits per heavy atom. The van der Waals surface area contributed by atoms with Crippen molar-refractivity contribution < 1.29 is 0 Å². The lowest BCUT2D eigenvalue weighted by atomic mass is 9.83. The molecule has 0 aromatic rings. The molecule has 1 nitrogen and oxygen atoms in total. The molecule has 0 unspecified atom stereocenters. The van der Waals surface area contributed by atoms with Crippen LogP contribution in [0.2, 0.25) is 0 Å². The number of rotatable bonds is 5. The Labute approximate surface area is 89.0 Å². The van der Waals surface area contributed by atoms with E-state index in [1.54, 1.807) is 0 Å². The fraction of sp³-hybridized carbons (Fsp3) is 0.846. The zero-order valence-electron chi connectivity index (χ0n) is 9.81. The molecule has 0 bridgehead atoms. The smallest absolute Gasteiger partial charge is 0.00117 e. The molecule has 0 radical (unpaired) electrons. The SMILES string of the molecule is C=C(C)CCNCC1CCC(C)CC1. The second kappa shape index (κ2) is 6.23. The molecule has 0 aliphatic heterocycles. The van der Waals surface area contributed by atoms with Crippen LogP contribution in [0.3, 0.4) is 0 Å². The topological polar surface area (TPSA) is 12.0 Å². The quantitative estimate of drug-likeness (QED) is 0.524. The standard InChI is InChI=1S/C13H25N/c1-11(2)8-9-14-10-13-6-4-12(3)5-7-13/h12-14H,1,4-10H2,2-3H3. The van der Waals surface area contributed by atoms with E-state index >= 15 is 0 Å². The zero-order chi connectivity index (χ0) is 10.4. The number of hydrogen-bond donors (Lipinski definition) is 1. The molecular weight excluding hydrogens is 170 g/mol. The first-order valence-electron chi connectivity index (χ1n) is 6.03. The second-order valence-corrected chi connectivity index (χ2v) is 5.04. The van der Waals surface area contributed by atoms with E-state index in [9.17, 15) is 0 Å². The molecule has 1 rings (SSSR count). The van der Waals surface area contributed by atoms with E-state index in [4.69, 9.17) is 0 Å². The highest BCUT2D eigenvalue weighted by molar-refractivity contribution is 4.88. The minimum Gasteiger partial charge on any atom is -0.316 e. The van der Waals surface area contributed by atoms with Crippen LogP contribution in [-0.2, 0) is 0 Å². The summed E-state index contributed by atoms with van der Waals surface area (Å²) in [6.07, 6.45) is 6.87. The van der Waals surface area contributed by atoms with Gasteiger partial charge in [0.05, 0.1) is 0 Å². The van der Waals surface area contributed by atoms with Crippen LogP contribution < -0.4 is 5.32 Å². The van der Waals surface area contributed by atoms with Gasteiger partial charge >= 0.3 is 0 Å². The molecule has 0 saturated heterocycles. The Kier molecular flexibility index (Phi) is 5.24. The van der Waals surface area contributed by atoms with Crippen LogP contribution in [0.4, 0.5) is 0 Å². The molecule has 0 spiro atoms. The van der Waals surface area contributed by atoms with E-state index in [1.807, 2.05) is 0 Å². The Morgan fingerprint density at radius 2 is 1.93 bits per heavy atom. The lowest BCUT2D eigenvalue weighted by Crippen LogP contribution is -2.26. The predicted octanol–water partition coefficient (Wildman–Crippen LogP) is 3.37. The van der Waals surface area contributed by atoms with Gasteiger partial charge in [0.25, 0.3) is 0 Å². The molecule has 1 heteroatoms. The van der Waals surface area contributed by atoms with Crippen LogP contribution in [-0.4, -0.2) is 13.1 Å². The predicted molar refractivity (Wildman–Crippen MR) is 63.4 cm³/mol. The van der Waals surface area contributed by atoms with Gasteiger partial charge in [-0.2, -0.15) is 0 Å². The van der Waals surface area contributed by atoms with Crippen molar-refractivity contribution in [1.82, 2.24) is 5.32 Å². The molecule has 14 heavy (non-hydrogen) atoms. The van der Waals surface area contributed by atoms with E-state index in [-0.39, 0.29) is 0 Å². The lowest BCUT2D eigenvalue weighted by molar-refractivity contribution is 0.282. The van der Waals surface area contributed by atoms with Crippen LogP contribution in [0.5, 0.6) is 0 Å². The van der Waals surface area contributed by atoms with Crippen molar-refractivity contribution in [3.05, 3.63) is 12.2 Å². The number of nitrogens with one attached hydrogen (secondary N) is 1. The maximum absolute atomic E-state index is 3.91. The van der Waals surface area contributed by atoms with Gasteiger partial charge in [-0.1, -0.05) is 25.3 Å². The minimum absolute atomic E-state index is 0.941. The third-order valence-corrected chi connectivity index (χ3v) is 3.30. The summed E-state index contributed by atoms with van der Waals surface area (Å²) in [5, 5.41) is 3.54. The van der Waals surface area contributed by atoms with Crippen molar-refractivity contribution in [2.75, 3.05) is 13.1 Å². The first-order chi connectivity index (χ1) is 6.68. The third kappa shape index (κ3) is 4.80. The summed E-state index contributed by atoms with van der Waals surface area (Å²) >= 11 is 0. The molecule has 82 valence electrons. The molecule has 1 fully saturated rings. The summed E-state index contributed by atoms with van der Waals surface area (Å²) in [6.45, 7) is 10.7. The highest BCUT2D eigenvalue weighted by Crippen LogP contribution is 2.27. The lowest BCUT2D eigenvalue weighted by Gasteiger charge is -2.26. The second-order valence-electron chi connectivity index (χ2n) is 5.04. The van der Waals surface area contributed by atoms with Crippen LogP contribution in [0.15, 0.2) is 12.2 Å². The largest absolute Gasteiger partial charge is 0.316 e. The molecule has 0 heterocycles. The first kappa shape index (κ1) is 11.8. The fourth-order valence-electron chi connectivity index (χ4n) is 2.14. The highest BCUT2D eigenvalue weighted by Gasteiger charge is 2.17. The molecule has 0 aromatic heterocycles. The molecule has 1 saturated carbocycles. The van der Waals surface area contributed by atoms with E-state index in [1.165, 1.54) is 37.8 Å². The van der Waals surface area contributed by atoms with Gasteiger partial charge in [0.15, 0.2) is 0 Å². The van der Waals surface area contributed by atoms with E-state index in [0.717, 1.165) is 24.8 Å². The van der Waals surface area contributed by atoms with Crippen LogP contribution in [0.25, 0.3) is 0 Å². The van der Waals surface area contributed by atoms with Crippen molar-refractivity contribution in [3.63, 3.8) is 0 Å². The van der Waals surface area contributed by atoms with Gasteiger partial charge in [-0.25, -0.2) is 0 Å². The van der Waals surface area contributed by atoms with Gasteiger partial charge in [0.2, 0.25) is 0 Å². The maximum atomic E-state index is 3.91. The molecule has 0 atom stereocenters. The van der Waals surface area contributed by atoms with Gasteiger partial charge in [-0.15, -0.1) is 6.58 Å². The van der Waals surface area contributed by atoms with Crippen LogP contribution in [0, 0.1) is 11.8 Å². The maximum Gasteiger partial charge on any atom is -0.00117 e. The van der Waals surface area contributed by atoms with E-state index in [2.05, 4.69) is 25.7 Å². The Morgan fingerprint density at radius 3 is 2.50 bits per heavy atom.